The van der Waals surface area contributed by atoms with E-state index in [0.29, 0.717) is 0 Å². The number of aromatic nitrogens is 1. The Balaban J connectivity index is 1.70. The summed E-state index contributed by atoms with van der Waals surface area (Å²) in [5.74, 6) is -1.37. The highest BCUT2D eigenvalue weighted by molar-refractivity contribution is 7.18. The van der Waals surface area contributed by atoms with Crippen molar-refractivity contribution >= 4 is 33.1 Å². The zero-order valence-corrected chi connectivity index (χ0v) is 15.4. The fourth-order valence-corrected chi connectivity index (χ4v) is 3.51. The van der Waals surface area contributed by atoms with E-state index < -0.39 is 28.9 Å². The Morgan fingerprint density at radius 3 is 2.81 bits per heavy atom. The third kappa shape index (κ3) is 4.03. The number of benzene rings is 2. The van der Waals surface area contributed by atoms with Gasteiger partial charge in [-0.05, 0) is 25.1 Å². The highest BCUT2D eigenvalue weighted by Gasteiger charge is 2.23. The van der Waals surface area contributed by atoms with E-state index in [9.17, 15) is 19.3 Å². The normalized spacial score (nSPS) is 12.0. The van der Waals surface area contributed by atoms with Crippen LogP contribution in [0.5, 0.6) is 5.75 Å². The van der Waals surface area contributed by atoms with Crippen molar-refractivity contribution in [3.05, 3.63) is 63.4 Å². The van der Waals surface area contributed by atoms with Gasteiger partial charge in [-0.1, -0.05) is 12.1 Å². The van der Waals surface area contributed by atoms with Gasteiger partial charge in [-0.25, -0.2) is 9.37 Å². The maximum Gasteiger partial charge on any atom is 0.311 e. The fraction of sp³-hybridized carbons (Fsp3) is 0.222. The van der Waals surface area contributed by atoms with Gasteiger partial charge in [-0.2, -0.15) is 0 Å². The summed E-state index contributed by atoms with van der Waals surface area (Å²) in [6.07, 6.45) is 0. The summed E-state index contributed by atoms with van der Waals surface area (Å²) in [7, 11) is 1.60. The average molecular weight is 389 g/mol. The Hall–Kier alpha value is -3.07. The number of nitro groups is 1. The third-order valence-corrected chi connectivity index (χ3v) is 5.32. The number of hydrogen-bond donors (Lipinski definition) is 0. The molecule has 1 heterocycles. The predicted molar refractivity (Wildman–Crippen MR) is 99.4 cm³/mol. The number of thiazole rings is 1. The molecule has 0 aliphatic rings. The predicted octanol–water partition coefficient (Wildman–Crippen LogP) is 3.94. The van der Waals surface area contributed by atoms with Crippen LogP contribution in [0.1, 0.15) is 18.0 Å². The SMILES string of the molecule is CC(c1nc2ccccc2s1)N(C)C(=O)COc1cc(F)ccc1[N+](=O)[O-]. The van der Waals surface area contributed by atoms with Gasteiger partial charge in [-0.15, -0.1) is 11.3 Å². The molecule has 1 aromatic heterocycles. The Labute approximate surface area is 158 Å². The summed E-state index contributed by atoms with van der Waals surface area (Å²) in [5.41, 5.74) is 0.461. The van der Waals surface area contributed by atoms with Gasteiger partial charge in [0.15, 0.2) is 6.61 Å². The van der Waals surface area contributed by atoms with Crippen LogP contribution >= 0.6 is 11.3 Å². The molecular formula is C18H16FN3O4S. The molecule has 0 N–H and O–H groups in total. The van der Waals surface area contributed by atoms with Crippen LogP contribution in [-0.2, 0) is 4.79 Å². The first-order valence-corrected chi connectivity index (χ1v) is 8.86. The molecule has 0 saturated heterocycles. The molecule has 9 heteroatoms. The minimum Gasteiger partial charge on any atom is -0.477 e. The smallest absolute Gasteiger partial charge is 0.311 e. The molecule has 0 spiro atoms. The van der Waals surface area contributed by atoms with Crippen molar-refractivity contribution in [3.63, 3.8) is 0 Å². The minimum atomic E-state index is -0.688. The number of ether oxygens (including phenoxy) is 1. The molecule has 0 aliphatic carbocycles. The van der Waals surface area contributed by atoms with Crippen LogP contribution in [0.2, 0.25) is 0 Å². The van der Waals surface area contributed by atoms with E-state index in [-0.39, 0.29) is 11.8 Å². The second-order valence-electron chi connectivity index (χ2n) is 5.86. The number of likely N-dealkylation sites (N-methyl/N-ethyl adjacent to an activating group) is 1. The number of amides is 1. The monoisotopic (exact) mass is 389 g/mol. The van der Waals surface area contributed by atoms with E-state index in [1.54, 1.807) is 7.05 Å². The van der Waals surface area contributed by atoms with E-state index in [2.05, 4.69) is 4.98 Å². The molecule has 1 unspecified atom stereocenters. The zero-order chi connectivity index (χ0) is 19.6. The summed E-state index contributed by atoms with van der Waals surface area (Å²) in [4.78, 5) is 28.7. The zero-order valence-electron chi connectivity index (χ0n) is 14.6. The van der Waals surface area contributed by atoms with Crippen molar-refractivity contribution in [1.29, 1.82) is 0 Å². The molecule has 2 aromatic carbocycles. The van der Waals surface area contributed by atoms with E-state index in [0.717, 1.165) is 33.4 Å². The van der Waals surface area contributed by atoms with E-state index in [4.69, 9.17) is 4.74 Å². The molecule has 0 radical (unpaired) electrons. The number of hydrogen-bond acceptors (Lipinski definition) is 6. The fourth-order valence-electron chi connectivity index (χ4n) is 2.45. The van der Waals surface area contributed by atoms with Crippen molar-refractivity contribution in [2.24, 2.45) is 0 Å². The van der Waals surface area contributed by atoms with Crippen LogP contribution in [0.25, 0.3) is 10.2 Å². The van der Waals surface area contributed by atoms with Crippen LogP contribution in [-0.4, -0.2) is 34.4 Å². The Morgan fingerprint density at radius 1 is 1.37 bits per heavy atom. The van der Waals surface area contributed by atoms with Gasteiger partial charge >= 0.3 is 5.69 Å². The number of nitrogens with zero attached hydrogens (tertiary/aromatic N) is 3. The van der Waals surface area contributed by atoms with Gasteiger partial charge in [-0.3, -0.25) is 14.9 Å². The van der Waals surface area contributed by atoms with Crippen molar-refractivity contribution in [1.82, 2.24) is 9.88 Å². The highest BCUT2D eigenvalue weighted by Crippen LogP contribution is 2.30. The number of fused-ring (bicyclic) bond motifs is 1. The van der Waals surface area contributed by atoms with Gasteiger partial charge in [0.1, 0.15) is 10.8 Å². The summed E-state index contributed by atoms with van der Waals surface area (Å²) in [6.45, 7) is 1.39. The minimum absolute atomic E-state index is 0.283. The molecule has 27 heavy (non-hydrogen) atoms. The first-order valence-electron chi connectivity index (χ1n) is 8.04. The van der Waals surface area contributed by atoms with Gasteiger partial charge in [0.2, 0.25) is 5.75 Å². The molecule has 1 atom stereocenters. The molecule has 7 nitrogen and oxygen atoms in total. The van der Waals surface area contributed by atoms with Crippen LogP contribution < -0.4 is 4.74 Å². The molecule has 3 aromatic rings. The van der Waals surface area contributed by atoms with Crippen LogP contribution in [0.3, 0.4) is 0 Å². The van der Waals surface area contributed by atoms with Crippen molar-refractivity contribution in [2.75, 3.05) is 13.7 Å². The lowest BCUT2D eigenvalue weighted by Crippen LogP contribution is -2.33. The summed E-state index contributed by atoms with van der Waals surface area (Å²) < 4.78 is 19.6. The van der Waals surface area contributed by atoms with Crippen molar-refractivity contribution in [2.45, 2.75) is 13.0 Å². The molecular weight excluding hydrogens is 373 g/mol. The number of para-hydroxylation sites is 1. The third-order valence-electron chi connectivity index (χ3n) is 4.11. The second-order valence-corrected chi connectivity index (χ2v) is 6.92. The molecule has 0 fully saturated rings. The highest BCUT2D eigenvalue weighted by atomic mass is 32.1. The number of rotatable bonds is 6. The number of halogens is 1. The lowest BCUT2D eigenvalue weighted by molar-refractivity contribution is -0.385. The van der Waals surface area contributed by atoms with Crippen LogP contribution in [0.4, 0.5) is 10.1 Å². The Kier molecular flexibility index (Phi) is 5.31. The second kappa shape index (κ2) is 7.67. The average Bonchev–Trinajstić information content (AvgIpc) is 3.08. The standard InChI is InChI=1S/C18H16FN3O4S/c1-11(18-20-13-5-3-4-6-16(13)27-18)21(2)17(23)10-26-15-9-12(19)7-8-14(15)22(24)25/h3-9,11H,10H2,1-2H3. The largest absolute Gasteiger partial charge is 0.477 e. The molecule has 0 bridgehead atoms. The Bertz CT molecular complexity index is 974. The number of carbonyl (C=O) groups excluding carboxylic acids is 1. The lowest BCUT2D eigenvalue weighted by Gasteiger charge is -2.23. The Morgan fingerprint density at radius 2 is 2.11 bits per heavy atom. The van der Waals surface area contributed by atoms with Gasteiger partial charge in [0.05, 0.1) is 21.2 Å². The topological polar surface area (TPSA) is 85.6 Å². The summed E-state index contributed by atoms with van der Waals surface area (Å²) >= 11 is 1.49. The summed E-state index contributed by atoms with van der Waals surface area (Å²) in [6, 6.07) is 10.2. The maximum atomic E-state index is 13.3. The van der Waals surface area contributed by atoms with E-state index in [1.807, 2.05) is 31.2 Å². The lowest BCUT2D eigenvalue weighted by atomic mass is 10.3. The van der Waals surface area contributed by atoms with Crippen molar-refractivity contribution in [3.8, 4) is 5.75 Å². The first kappa shape index (κ1) is 18.7. The molecule has 0 aliphatic heterocycles. The first-order chi connectivity index (χ1) is 12.9. The molecule has 1 amide bonds. The van der Waals surface area contributed by atoms with Gasteiger partial charge in [0.25, 0.3) is 5.91 Å². The van der Waals surface area contributed by atoms with Crippen molar-refractivity contribution < 1.29 is 18.8 Å². The number of nitro benzene ring substituents is 1. The quantitative estimate of drug-likeness (QED) is 0.471. The van der Waals surface area contributed by atoms with Crippen LogP contribution in [0, 0.1) is 15.9 Å². The van der Waals surface area contributed by atoms with Crippen LogP contribution in [0.15, 0.2) is 42.5 Å². The molecule has 3 rings (SSSR count). The van der Waals surface area contributed by atoms with E-state index in [1.165, 1.54) is 16.2 Å². The molecule has 140 valence electrons. The number of carbonyl (C=O) groups is 1. The summed E-state index contributed by atoms with van der Waals surface area (Å²) in [5, 5.41) is 11.8. The van der Waals surface area contributed by atoms with E-state index >= 15 is 0 Å². The van der Waals surface area contributed by atoms with Gasteiger partial charge in [0, 0.05) is 19.2 Å². The maximum absolute atomic E-state index is 13.3. The van der Waals surface area contributed by atoms with Gasteiger partial charge < -0.3 is 9.64 Å². The molecule has 0 saturated carbocycles.